The number of nitrogens with one attached hydrogen (secondary N) is 1. The summed E-state index contributed by atoms with van der Waals surface area (Å²) in [6.45, 7) is 3.02. The molecule has 1 N–H and O–H groups in total. The molecule has 6 heteroatoms. The molecule has 1 spiro atoms. The second-order valence-corrected chi connectivity index (χ2v) is 10.6. The summed E-state index contributed by atoms with van der Waals surface area (Å²) >= 11 is 0. The number of rotatable bonds is 4. The van der Waals surface area contributed by atoms with Crippen LogP contribution < -0.4 is 10.1 Å². The largest absolute Gasteiger partial charge is 0.497 e. The number of amides is 3. The number of piperidine rings is 1. The molecule has 0 unspecified atom stereocenters. The van der Waals surface area contributed by atoms with E-state index < -0.39 is 0 Å². The third kappa shape index (κ3) is 4.45. The predicted octanol–water partition coefficient (Wildman–Crippen LogP) is 5.03. The van der Waals surface area contributed by atoms with Crippen molar-refractivity contribution >= 4 is 11.9 Å². The van der Waals surface area contributed by atoms with Crippen molar-refractivity contribution in [2.75, 3.05) is 33.3 Å². The van der Waals surface area contributed by atoms with Gasteiger partial charge in [-0.15, -0.1) is 0 Å². The first kappa shape index (κ1) is 23.6. The van der Waals surface area contributed by atoms with Crippen molar-refractivity contribution in [2.24, 2.45) is 5.41 Å². The summed E-state index contributed by atoms with van der Waals surface area (Å²) in [5.74, 6) is 0.936. The molecule has 0 saturated carbocycles. The zero-order chi connectivity index (χ0) is 25.4. The fraction of sp³-hybridized carbons (Fsp3) is 0.355. The van der Waals surface area contributed by atoms with Crippen LogP contribution in [0.4, 0.5) is 4.79 Å². The lowest BCUT2D eigenvalue weighted by Gasteiger charge is -2.39. The zero-order valence-corrected chi connectivity index (χ0v) is 21.3. The van der Waals surface area contributed by atoms with Gasteiger partial charge in [0.2, 0.25) is 5.91 Å². The number of carbonyl (C=O) groups excluding carboxylic acids is 2. The van der Waals surface area contributed by atoms with Gasteiger partial charge in [-0.05, 0) is 64.6 Å². The minimum Gasteiger partial charge on any atom is -0.497 e. The fourth-order valence-electron chi connectivity index (χ4n) is 6.34. The molecule has 2 fully saturated rings. The van der Waals surface area contributed by atoms with Crippen LogP contribution in [0.1, 0.15) is 42.0 Å². The standard InChI is InChI=1S/C31H33N3O3/c1-37-23-8-6-7-22(19-23)20-28(35)33-16-13-31(14-17-33)15-18-34(21-31)30(36)32-29-26-11-4-2-9-24(26)25-10-3-5-12-27(25)29/h2-12,19,29H,13-18,20-21H2,1H3,(H,32,36). The zero-order valence-electron chi connectivity index (χ0n) is 21.3. The molecular weight excluding hydrogens is 462 g/mol. The molecule has 0 atom stereocenters. The van der Waals surface area contributed by atoms with E-state index in [9.17, 15) is 9.59 Å². The average Bonchev–Trinajstić information content (AvgIpc) is 3.49. The highest BCUT2D eigenvalue weighted by molar-refractivity contribution is 5.83. The summed E-state index contributed by atoms with van der Waals surface area (Å²) in [6, 6.07) is 24.3. The summed E-state index contributed by atoms with van der Waals surface area (Å²) < 4.78 is 5.29. The Morgan fingerprint density at radius 3 is 2.14 bits per heavy atom. The maximum absolute atomic E-state index is 13.4. The lowest BCUT2D eigenvalue weighted by atomic mass is 9.77. The Balaban J connectivity index is 1.07. The quantitative estimate of drug-likeness (QED) is 0.552. The summed E-state index contributed by atoms with van der Waals surface area (Å²) in [6.07, 6.45) is 3.27. The van der Waals surface area contributed by atoms with E-state index in [4.69, 9.17) is 4.74 Å². The SMILES string of the molecule is COc1cccc(CC(=O)N2CCC3(CC2)CCN(C(=O)NC2c4ccccc4-c4ccccc42)C3)c1. The minimum atomic E-state index is -0.118. The molecule has 3 amide bonds. The molecule has 2 saturated heterocycles. The van der Waals surface area contributed by atoms with Crippen molar-refractivity contribution in [3.05, 3.63) is 89.5 Å². The van der Waals surface area contributed by atoms with Gasteiger partial charge in [0.05, 0.1) is 19.6 Å². The van der Waals surface area contributed by atoms with Crippen LogP contribution in [0, 0.1) is 5.41 Å². The highest BCUT2D eigenvalue weighted by Crippen LogP contribution is 2.44. The molecule has 6 rings (SSSR count). The molecule has 3 aliphatic rings. The van der Waals surface area contributed by atoms with Gasteiger partial charge in [-0.3, -0.25) is 4.79 Å². The topological polar surface area (TPSA) is 61.9 Å². The third-order valence-electron chi connectivity index (χ3n) is 8.49. The second-order valence-electron chi connectivity index (χ2n) is 10.6. The van der Waals surface area contributed by atoms with E-state index in [1.54, 1.807) is 7.11 Å². The summed E-state index contributed by atoms with van der Waals surface area (Å²) in [5, 5.41) is 3.33. The Labute approximate surface area is 218 Å². The van der Waals surface area contributed by atoms with Gasteiger partial charge in [-0.1, -0.05) is 60.7 Å². The van der Waals surface area contributed by atoms with E-state index in [1.807, 2.05) is 46.2 Å². The lowest BCUT2D eigenvalue weighted by molar-refractivity contribution is -0.132. The maximum atomic E-state index is 13.4. The molecule has 3 aromatic rings. The van der Waals surface area contributed by atoms with Gasteiger partial charge < -0.3 is 19.9 Å². The number of nitrogens with zero attached hydrogens (tertiary/aromatic N) is 2. The number of urea groups is 1. The first-order valence-corrected chi connectivity index (χ1v) is 13.2. The van der Waals surface area contributed by atoms with E-state index in [1.165, 1.54) is 11.1 Å². The van der Waals surface area contributed by atoms with E-state index >= 15 is 0 Å². The molecule has 190 valence electrons. The van der Waals surface area contributed by atoms with Crippen LogP contribution in [0.5, 0.6) is 5.75 Å². The van der Waals surface area contributed by atoms with Crippen LogP contribution in [0.15, 0.2) is 72.8 Å². The molecule has 0 bridgehead atoms. The fourth-order valence-corrected chi connectivity index (χ4v) is 6.34. The predicted molar refractivity (Wildman–Crippen MR) is 143 cm³/mol. The van der Waals surface area contributed by atoms with Crippen LogP contribution in [-0.4, -0.2) is 55.0 Å². The van der Waals surface area contributed by atoms with Gasteiger partial charge in [-0.2, -0.15) is 0 Å². The van der Waals surface area contributed by atoms with Crippen LogP contribution in [0.25, 0.3) is 11.1 Å². The van der Waals surface area contributed by atoms with Crippen molar-refractivity contribution in [3.63, 3.8) is 0 Å². The van der Waals surface area contributed by atoms with Gasteiger partial charge in [0.25, 0.3) is 0 Å². The Kier molecular flexibility index (Phi) is 6.11. The number of ether oxygens (including phenoxy) is 1. The van der Waals surface area contributed by atoms with E-state index in [0.717, 1.165) is 67.9 Å². The molecule has 1 aliphatic carbocycles. The first-order valence-electron chi connectivity index (χ1n) is 13.2. The van der Waals surface area contributed by atoms with Crippen molar-refractivity contribution < 1.29 is 14.3 Å². The molecule has 2 aliphatic heterocycles. The molecule has 0 aromatic heterocycles. The summed E-state index contributed by atoms with van der Waals surface area (Å²) in [4.78, 5) is 30.3. The summed E-state index contributed by atoms with van der Waals surface area (Å²) in [5.41, 5.74) is 5.81. The van der Waals surface area contributed by atoms with Crippen molar-refractivity contribution in [1.29, 1.82) is 0 Å². The Morgan fingerprint density at radius 1 is 0.865 bits per heavy atom. The highest BCUT2D eigenvalue weighted by Gasteiger charge is 2.43. The highest BCUT2D eigenvalue weighted by atomic mass is 16.5. The third-order valence-corrected chi connectivity index (χ3v) is 8.49. The van der Waals surface area contributed by atoms with Gasteiger partial charge >= 0.3 is 6.03 Å². The normalized spacial score (nSPS) is 18.0. The van der Waals surface area contributed by atoms with E-state index in [-0.39, 0.29) is 23.4 Å². The van der Waals surface area contributed by atoms with Gasteiger partial charge in [-0.25, -0.2) is 4.79 Å². The van der Waals surface area contributed by atoms with E-state index in [0.29, 0.717) is 6.42 Å². The van der Waals surface area contributed by atoms with Gasteiger partial charge in [0.15, 0.2) is 0 Å². The van der Waals surface area contributed by atoms with Crippen LogP contribution in [0.2, 0.25) is 0 Å². The number of fused-ring (bicyclic) bond motifs is 3. The van der Waals surface area contributed by atoms with Crippen LogP contribution >= 0.6 is 0 Å². The smallest absolute Gasteiger partial charge is 0.318 e. The summed E-state index contributed by atoms with van der Waals surface area (Å²) in [7, 11) is 1.64. The van der Waals surface area contributed by atoms with Crippen molar-refractivity contribution in [3.8, 4) is 16.9 Å². The van der Waals surface area contributed by atoms with Crippen molar-refractivity contribution in [2.45, 2.75) is 31.7 Å². The molecular formula is C31H33N3O3. The van der Waals surface area contributed by atoms with Crippen molar-refractivity contribution in [1.82, 2.24) is 15.1 Å². The average molecular weight is 496 g/mol. The number of hydrogen-bond donors (Lipinski definition) is 1. The van der Waals surface area contributed by atoms with Crippen LogP contribution in [0.3, 0.4) is 0 Å². The number of hydrogen-bond acceptors (Lipinski definition) is 3. The number of benzene rings is 3. The first-order chi connectivity index (χ1) is 18.0. The van der Waals surface area contributed by atoms with Gasteiger partial charge in [0.1, 0.15) is 5.75 Å². The number of methoxy groups -OCH3 is 1. The molecule has 2 heterocycles. The Morgan fingerprint density at radius 2 is 1.49 bits per heavy atom. The molecule has 37 heavy (non-hydrogen) atoms. The Hall–Kier alpha value is -3.80. The minimum absolute atomic E-state index is 0.00455. The lowest BCUT2D eigenvalue weighted by Crippen LogP contribution is -2.46. The van der Waals surface area contributed by atoms with Gasteiger partial charge in [0, 0.05) is 26.2 Å². The molecule has 6 nitrogen and oxygen atoms in total. The molecule has 0 radical (unpaired) electrons. The number of carbonyl (C=O) groups is 2. The molecule has 3 aromatic carbocycles. The monoisotopic (exact) mass is 495 g/mol. The second kappa shape index (κ2) is 9.58. The maximum Gasteiger partial charge on any atom is 0.318 e. The Bertz CT molecular complexity index is 1280. The number of likely N-dealkylation sites (tertiary alicyclic amines) is 2. The van der Waals surface area contributed by atoms with E-state index in [2.05, 4.69) is 41.7 Å². The van der Waals surface area contributed by atoms with Crippen LogP contribution in [-0.2, 0) is 11.2 Å².